The molecule has 0 saturated heterocycles. The summed E-state index contributed by atoms with van der Waals surface area (Å²) < 4.78 is 5.46. The highest BCUT2D eigenvalue weighted by atomic mass is 16.5. The van der Waals surface area contributed by atoms with Gasteiger partial charge in [-0.25, -0.2) is 0 Å². The van der Waals surface area contributed by atoms with Crippen LogP contribution in [0.15, 0.2) is 42.5 Å². The van der Waals surface area contributed by atoms with Gasteiger partial charge in [0, 0.05) is 0 Å². The monoisotopic (exact) mass is 174 g/mol. The summed E-state index contributed by atoms with van der Waals surface area (Å²) in [6.07, 6.45) is 6.80. The molecule has 0 N–H and O–H groups in total. The number of hydrogen-bond donors (Lipinski definition) is 0. The Bertz CT molecular complexity index is 276. The zero-order valence-corrected chi connectivity index (χ0v) is 7.65. The molecule has 1 heteroatoms. The molecule has 1 aromatic rings. The van der Waals surface area contributed by atoms with E-state index < -0.39 is 0 Å². The summed E-state index contributed by atoms with van der Waals surface area (Å²) in [5.41, 5.74) is 1.39. The highest BCUT2D eigenvalue weighted by Gasteiger charge is 2.08. The van der Waals surface area contributed by atoms with E-state index in [-0.39, 0.29) is 0 Å². The number of benzene rings is 1. The van der Waals surface area contributed by atoms with Crippen molar-refractivity contribution in [3.63, 3.8) is 0 Å². The van der Waals surface area contributed by atoms with E-state index in [4.69, 9.17) is 4.74 Å². The Balaban J connectivity index is 1.82. The summed E-state index contributed by atoms with van der Waals surface area (Å²) in [5.74, 6) is 0. The van der Waals surface area contributed by atoms with Crippen molar-refractivity contribution in [1.29, 1.82) is 0 Å². The van der Waals surface area contributed by atoms with E-state index in [0.717, 1.165) is 19.4 Å². The highest BCUT2D eigenvalue weighted by molar-refractivity contribution is 5.15. The first-order valence-electron chi connectivity index (χ1n) is 4.77. The maximum Gasteiger partial charge on any atom is 0.0764 e. The molecule has 1 nitrogen and oxygen atoms in total. The first kappa shape index (κ1) is 8.52. The van der Waals surface area contributed by atoms with E-state index >= 15 is 0 Å². The quantitative estimate of drug-likeness (QED) is 0.640. The van der Waals surface area contributed by atoms with Gasteiger partial charge in [-0.05, 0) is 18.4 Å². The molecule has 1 aliphatic rings. The lowest BCUT2D eigenvalue weighted by atomic mass is 10.1. The van der Waals surface area contributed by atoms with E-state index in [1.54, 1.807) is 0 Å². The summed E-state index contributed by atoms with van der Waals surface area (Å²) >= 11 is 0. The van der Waals surface area contributed by atoms with Crippen molar-refractivity contribution < 1.29 is 4.74 Å². The molecule has 13 heavy (non-hydrogen) atoms. The minimum absolute atomic E-state index is 0.347. The van der Waals surface area contributed by atoms with Crippen LogP contribution in [-0.4, -0.2) is 12.7 Å². The van der Waals surface area contributed by atoms with Gasteiger partial charge in [0.1, 0.15) is 0 Å². The molecule has 1 atom stereocenters. The van der Waals surface area contributed by atoms with Gasteiger partial charge in [-0.3, -0.25) is 0 Å². The summed E-state index contributed by atoms with van der Waals surface area (Å²) in [6.45, 7) is 0.791. The molecule has 68 valence electrons. The van der Waals surface area contributed by atoms with Gasteiger partial charge in [-0.15, -0.1) is 0 Å². The maximum atomic E-state index is 5.46. The van der Waals surface area contributed by atoms with Gasteiger partial charge in [0.05, 0.1) is 12.7 Å². The van der Waals surface area contributed by atoms with Crippen molar-refractivity contribution in [3.05, 3.63) is 48.0 Å². The van der Waals surface area contributed by atoms with Gasteiger partial charge in [0.15, 0.2) is 0 Å². The molecule has 0 amide bonds. The van der Waals surface area contributed by atoms with E-state index in [2.05, 4.69) is 42.5 Å². The molecule has 0 aromatic heterocycles. The van der Waals surface area contributed by atoms with Crippen LogP contribution in [0.1, 0.15) is 12.0 Å². The molecule has 1 unspecified atom stereocenters. The molecule has 0 saturated carbocycles. The number of ether oxygens (including phenoxy) is 1. The molecular weight excluding hydrogens is 160 g/mol. The van der Waals surface area contributed by atoms with Crippen molar-refractivity contribution in [1.82, 2.24) is 0 Å². The number of hydrogen-bond acceptors (Lipinski definition) is 1. The molecule has 0 aliphatic carbocycles. The Morgan fingerprint density at radius 3 is 2.77 bits per heavy atom. The Kier molecular flexibility index (Phi) is 2.78. The number of aryl methyl sites for hydroxylation is 1. The van der Waals surface area contributed by atoms with Crippen LogP contribution in [0.25, 0.3) is 0 Å². The highest BCUT2D eigenvalue weighted by Crippen LogP contribution is 2.11. The molecule has 0 bridgehead atoms. The second-order valence-electron chi connectivity index (χ2n) is 3.32. The van der Waals surface area contributed by atoms with Gasteiger partial charge in [0.2, 0.25) is 0 Å². The van der Waals surface area contributed by atoms with Crippen LogP contribution in [0.5, 0.6) is 0 Å². The van der Waals surface area contributed by atoms with Gasteiger partial charge < -0.3 is 4.74 Å². The lowest BCUT2D eigenvalue weighted by Gasteiger charge is -2.07. The molecule has 0 spiro atoms. The van der Waals surface area contributed by atoms with Gasteiger partial charge in [0.25, 0.3) is 0 Å². The Morgan fingerprint density at radius 2 is 2.08 bits per heavy atom. The van der Waals surface area contributed by atoms with Gasteiger partial charge in [-0.1, -0.05) is 42.5 Å². The molecule has 1 heterocycles. The fourth-order valence-corrected chi connectivity index (χ4v) is 1.58. The Hall–Kier alpha value is -1.08. The first-order valence-corrected chi connectivity index (χ1v) is 4.77. The molecule has 1 aromatic carbocycles. The molecule has 0 radical (unpaired) electrons. The largest absolute Gasteiger partial charge is 0.370 e. The second-order valence-corrected chi connectivity index (χ2v) is 3.32. The lowest BCUT2D eigenvalue weighted by Crippen LogP contribution is -2.05. The molecule has 2 rings (SSSR count). The van der Waals surface area contributed by atoms with E-state index in [9.17, 15) is 0 Å². The smallest absolute Gasteiger partial charge is 0.0764 e. The topological polar surface area (TPSA) is 9.23 Å². The van der Waals surface area contributed by atoms with Crippen molar-refractivity contribution >= 4 is 0 Å². The zero-order valence-electron chi connectivity index (χ0n) is 7.65. The summed E-state index contributed by atoms with van der Waals surface area (Å²) in [4.78, 5) is 0. The Labute approximate surface area is 79.0 Å². The predicted octanol–water partition coefficient (Wildman–Crippen LogP) is 2.57. The summed E-state index contributed by atoms with van der Waals surface area (Å²) in [7, 11) is 0. The molecule has 1 aliphatic heterocycles. The van der Waals surface area contributed by atoms with Crippen LogP contribution in [0, 0.1) is 0 Å². The van der Waals surface area contributed by atoms with Crippen LogP contribution < -0.4 is 0 Å². The van der Waals surface area contributed by atoms with Gasteiger partial charge >= 0.3 is 0 Å². The molecule has 0 fully saturated rings. The normalized spacial score (nSPS) is 20.8. The minimum Gasteiger partial charge on any atom is -0.370 e. The third kappa shape index (κ3) is 2.43. The van der Waals surface area contributed by atoms with Crippen molar-refractivity contribution in [2.24, 2.45) is 0 Å². The second kappa shape index (κ2) is 4.24. The van der Waals surface area contributed by atoms with Crippen molar-refractivity contribution in [2.45, 2.75) is 18.9 Å². The number of rotatable bonds is 3. The Morgan fingerprint density at radius 1 is 1.23 bits per heavy atom. The van der Waals surface area contributed by atoms with Gasteiger partial charge in [-0.2, -0.15) is 0 Å². The average Bonchev–Trinajstić information content (AvgIpc) is 2.69. The summed E-state index contributed by atoms with van der Waals surface area (Å²) in [5, 5.41) is 0. The van der Waals surface area contributed by atoms with E-state index in [1.807, 2.05) is 0 Å². The average molecular weight is 174 g/mol. The van der Waals surface area contributed by atoms with Crippen molar-refractivity contribution in [3.8, 4) is 0 Å². The zero-order chi connectivity index (χ0) is 8.93. The predicted molar refractivity (Wildman–Crippen MR) is 53.6 cm³/mol. The van der Waals surface area contributed by atoms with Crippen LogP contribution in [0.4, 0.5) is 0 Å². The van der Waals surface area contributed by atoms with Crippen LogP contribution >= 0.6 is 0 Å². The SMILES string of the molecule is C1=CC(CCc2ccccc2)OC1. The standard InChI is InChI=1S/C12H14O/c1-2-5-11(6-3-1)8-9-12-7-4-10-13-12/h1-7,12H,8-10H2. The summed E-state index contributed by atoms with van der Waals surface area (Å²) in [6, 6.07) is 10.5. The minimum atomic E-state index is 0.347. The fourth-order valence-electron chi connectivity index (χ4n) is 1.58. The van der Waals surface area contributed by atoms with E-state index in [1.165, 1.54) is 5.56 Å². The van der Waals surface area contributed by atoms with Crippen LogP contribution in [0.2, 0.25) is 0 Å². The fraction of sp³-hybridized carbons (Fsp3) is 0.333. The maximum absolute atomic E-state index is 5.46. The first-order chi connectivity index (χ1) is 6.45. The van der Waals surface area contributed by atoms with E-state index in [0.29, 0.717) is 6.10 Å². The molecular formula is C12H14O. The van der Waals surface area contributed by atoms with Crippen LogP contribution in [-0.2, 0) is 11.2 Å². The third-order valence-electron chi connectivity index (χ3n) is 2.32. The lowest BCUT2D eigenvalue weighted by molar-refractivity contribution is 0.122. The van der Waals surface area contributed by atoms with Crippen LogP contribution in [0.3, 0.4) is 0 Å². The third-order valence-corrected chi connectivity index (χ3v) is 2.32. The van der Waals surface area contributed by atoms with Crippen molar-refractivity contribution in [2.75, 3.05) is 6.61 Å².